The maximum Gasteiger partial charge on any atom is 0.159 e. The zero-order chi connectivity index (χ0) is 10.9. The van der Waals surface area contributed by atoms with Gasteiger partial charge >= 0.3 is 0 Å². The first-order valence-electron chi connectivity index (χ1n) is 6.17. The van der Waals surface area contributed by atoms with Crippen LogP contribution in [0.3, 0.4) is 0 Å². The fraction of sp³-hybridized carbons (Fsp3) is 0.769. The summed E-state index contributed by atoms with van der Waals surface area (Å²) in [6, 6.07) is 0. The third-order valence-electron chi connectivity index (χ3n) is 3.09. The number of carbonyl (C=O) groups is 1. The van der Waals surface area contributed by atoms with Crippen molar-refractivity contribution in [2.24, 2.45) is 0 Å². The van der Waals surface area contributed by atoms with Crippen LogP contribution in [0.2, 0.25) is 0 Å². The van der Waals surface area contributed by atoms with Crippen molar-refractivity contribution in [2.75, 3.05) is 0 Å². The molecule has 0 aromatic rings. The molecule has 0 saturated heterocycles. The Balaban J connectivity index is 2.41. The Kier molecular flexibility index (Phi) is 6.74. The summed E-state index contributed by atoms with van der Waals surface area (Å²) < 4.78 is 0. The molecule has 1 aliphatic carbocycles. The monoisotopic (exact) mass is 228 g/mol. The van der Waals surface area contributed by atoms with Gasteiger partial charge in [0.05, 0.1) is 0 Å². The van der Waals surface area contributed by atoms with Crippen LogP contribution < -0.4 is 0 Å². The highest BCUT2D eigenvalue weighted by Crippen LogP contribution is 2.18. The van der Waals surface area contributed by atoms with Gasteiger partial charge in [0, 0.05) is 17.5 Å². The van der Waals surface area contributed by atoms with E-state index in [1.165, 1.54) is 44.1 Å². The third-order valence-corrected chi connectivity index (χ3v) is 3.35. The number of carbonyl (C=O) groups excluding carboxylic acids is 1. The van der Waals surface area contributed by atoms with E-state index in [0.29, 0.717) is 6.42 Å². The Morgan fingerprint density at radius 3 is 1.80 bits per heavy atom. The zero-order valence-corrected chi connectivity index (χ0v) is 10.2. The first kappa shape index (κ1) is 12.8. The summed E-state index contributed by atoms with van der Waals surface area (Å²) in [6.45, 7) is 0. The lowest BCUT2D eigenvalue weighted by Crippen LogP contribution is -2.03. The van der Waals surface area contributed by atoms with Gasteiger partial charge in [-0.2, -0.15) is 0 Å². The van der Waals surface area contributed by atoms with Crippen LogP contribution in [-0.2, 0) is 4.79 Å². The zero-order valence-electron chi connectivity index (χ0n) is 9.43. The Morgan fingerprint density at radius 1 is 0.800 bits per heavy atom. The number of halogens is 1. The van der Waals surface area contributed by atoms with Crippen molar-refractivity contribution < 1.29 is 4.79 Å². The fourth-order valence-corrected chi connectivity index (χ4v) is 2.31. The van der Waals surface area contributed by atoms with Crippen LogP contribution in [0.1, 0.15) is 64.2 Å². The molecule has 15 heavy (non-hydrogen) atoms. The van der Waals surface area contributed by atoms with Crippen LogP contribution in [0.15, 0.2) is 11.1 Å². The number of Topliss-reactive ketones (excluding diaryl/α,β-unsaturated/α-hetero) is 1. The van der Waals surface area contributed by atoms with Gasteiger partial charge in [0.15, 0.2) is 5.78 Å². The Morgan fingerprint density at radius 2 is 1.27 bits per heavy atom. The normalized spacial score (nSPS) is 24.6. The molecule has 0 bridgehead atoms. The molecule has 86 valence electrons. The molecule has 0 aromatic carbocycles. The summed E-state index contributed by atoms with van der Waals surface area (Å²) in [4.78, 5) is 11.7. The smallest absolute Gasteiger partial charge is 0.159 e. The second-order valence-electron chi connectivity index (χ2n) is 4.39. The molecule has 1 aliphatic rings. The van der Waals surface area contributed by atoms with E-state index >= 15 is 0 Å². The highest BCUT2D eigenvalue weighted by Gasteiger charge is 2.09. The molecule has 0 spiro atoms. The van der Waals surface area contributed by atoms with Crippen molar-refractivity contribution >= 4 is 17.4 Å². The Labute approximate surface area is 97.9 Å². The minimum absolute atomic E-state index is 0.269. The van der Waals surface area contributed by atoms with Crippen LogP contribution in [0.25, 0.3) is 0 Å². The Hall–Kier alpha value is -0.300. The molecule has 0 aromatic heterocycles. The van der Waals surface area contributed by atoms with E-state index < -0.39 is 0 Å². The summed E-state index contributed by atoms with van der Waals surface area (Å²) in [5.41, 5.74) is 2.34. The van der Waals surface area contributed by atoms with E-state index in [1.54, 1.807) is 0 Å². The molecule has 0 amide bonds. The summed E-state index contributed by atoms with van der Waals surface area (Å²) in [5, 5.41) is 0. The van der Waals surface area contributed by atoms with Crippen molar-refractivity contribution in [3.8, 4) is 0 Å². The lowest BCUT2D eigenvalue weighted by atomic mass is 9.98. The van der Waals surface area contributed by atoms with Gasteiger partial charge in [-0.25, -0.2) is 0 Å². The molecule has 0 atom stereocenters. The van der Waals surface area contributed by atoms with Crippen molar-refractivity contribution in [3.63, 3.8) is 0 Å². The minimum Gasteiger partial charge on any atom is -0.295 e. The van der Waals surface area contributed by atoms with Gasteiger partial charge in [-0.1, -0.05) is 50.1 Å². The summed E-state index contributed by atoms with van der Waals surface area (Å²) in [6.07, 6.45) is 11.4. The van der Waals surface area contributed by atoms with Crippen molar-refractivity contribution in [1.82, 2.24) is 0 Å². The number of allylic oxidation sites excluding steroid dienone is 1. The van der Waals surface area contributed by atoms with Crippen molar-refractivity contribution in [1.29, 1.82) is 0 Å². The molecule has 1 saturated carbocycles. The lowest BCUT2D eigenvalue weighted by Gasteiger charge is -2.08. The fourth-order valence-electron chi connectivity index (χ4n) is 2.08. The molecule has 0 N–H and O–H groups in total. The molecule has 1 fully saturated rings. The summed E-state index contributed by atoms with van der Waals surface area (Å²) >= 11 is 5.69. The van der Waals surface area contributed by atoms with Crippen LogP contribution in [0, 0.1) is 0 Å². The molecular weight excluding hydrogens is 208 g/mol. The predicted octanol–water partition coefficient (Wildman–Crippen LogP) is 4.59. The van der Waals surface area contributed by atoms with E-state index in [0.717, 1.165) is 24.8 Å². The molecule has 1 nitrogen and oxygen atoms in total. The van der Waals surface area contributed by atoms with E-state index in [2.05, 4.69) is 0 Å². The highest BCUT2D eigenvalue weighted by molar-refractivity contribution is 6.27. The molecule has 2 heteroatoms. The topological polar surface area (TPSA) is 17.1 Å². The second kappa shape index (κ2) is 7.92. The van der Waals surface area contributed by atoms with E-state index in [4.69, 9.17) is 11.6 Å². The largest absolute Gasteiger partial charge is 0.295 e. The number of hydrogen-bond donors (Lipinski definition) is 0. The maximum atomic E-state index is 11.7. The Bertz CT molecular complexity index is 221. The molecule has 0 heterocycles. The van der Waals surface area contributed by atoms with Crippen molar-refractivity contribution in [2.45, 2.75) is 64.2 Å². The average molecular weight is 229 g/mol. The molecule has 0 unspecified atom stereocenters. The number of hydrogen-bond acceptors (Lipinski definition) is 1. The van der Waals surface area contributed by atoms with Gasteiger partial charge in [0.25, 0.3) is 0 Å². The van der Waals surface area contributed by atoms with Gasteiger partial charge in [-0.05, 0) is 19.3 Å². The summed E-state index contributed by atoms with van der Waals surface area (Å²) in [5.74, 6) is 0.269. The molecular formula is C13H21ClO. The van der Waals surface area contributed by atoms with Gasteiger partial charge in [0.2, 0.25) is 0 Å². The van der Waals surface area contributed by atoms with E-state index in [9.17, 15) is 4.79 Å². The molecule has 0 radical (unpaired) electrons. The van der Waals surface area contributed by atoms with Crippen LogP contribution in [0.4, 0.5) is 0 Å². The van der Waals surface area contributed by atoms with E-state index in [1.807, 2.05) is 0 Å². The third kappa shape index (κ3) is 5.36. The van der Waals surface area contributed by atoms with Crippen LogP contribution in [-0.4, -0.2) is 5.78 Å². The first-order chi connectivity index (χ1) is 7.34. The van der Waals surface area contributed by atoms with Crippen LogP contribution in [0.5, 0.6) is 0 Å². The SMILES string of the molecule is O=C1CCCCCCCCCC/C1=C\Cl. The van der Waals surface area contributed by atoms with Gasteiger partial charge in [0.1, 0.15) is 0 Å². The maximum absolute atomic E-state index is 11.7. The molecule has 1 rings (SSSR count). The van der Waals surface area contributed by atoms with Crippen molar-refractivity contribution in [3.05, 3.63) is 11.1 Å². The van der Waals surface area contributed by atoms with E-state index in [-0.39, 0.29) is 5.78 Å². The first-order valence-corrected chi connectivity index (χ1v) is 6.60. The van der Waals surface area contributed by atoms with Gasteiger partial charge < -0.3 is 0 Å². The number of rotatable bonds is 0. The quantitative estimate of drug-likeness (QED) is 0.554. The van der Waals surface area contributed by atoms with Gasteiger partial charge in [-0.15, -0.1) is 0 Å². The number of ketones is 1. The minimum atomic E-state index is 0.269. The standard InChI is InChI=1S/C13H21ClO/c14-11-12-9-7-5-3-1-2-4-6-8-10-13(12)15/h11H,1-10H2/b12-11+. The second-order valence-corrected chi connectivity index (χ2v) is 4.60. The molecule has 0 aliphatic heterocycles. The predicted molar refractivity (Wildman–Crippen MR) is 65.1 cm³/mol. The average Bonchev–Trinajstić information content (AvgIpc) is 2.23. The lowest BCUT2D eigenvalue weighted by molar-refractivity contribution is -0.115. The van der Waals surface area contributed by atoms with Gasteiger partial charge in [-0.3, -0.25) is 4.79 Å². The summed E-state index contributed by atoms with van der Waals surface area (Å²) in [7, 11) is 0. The van der Waals surface area contributed by atoms with Crippen LogP contribution >= 0.6 is 11.6 Å². The highest BCUT2D eigenvalue weighted by atomic mass is 35.5.